The molecule has 6 atom stereocenters. The summed E-state index contributed by atoms with van der Waals surface area (Å²) in [5.41, 5.74) is 9.24. The Morgan fingerprint density at radius 1 is 0.382 bits per heavy atom. The highest BCUT2D eigenvalue weighted by Crippen LogP contribution is 2.30. The summed E-state index contributed by atoms with van der Waals surface area (Å²) < 4.78 is 41.8. The molecule has 724 valence electrons. The number of pyridine rings is 1. The number of imidazole rings is 1. The number of halogens is 5. The number of non-ortho nitro benzene ring substituents is 1. The predicted molar refractivity (Wildman–Crippen MR) is 553 cm³/mol. The normalized spacial score (nSPS) is 13.0. The van der Waals surface area contributed by atoms with E-state index in [4.69, 9.17) is 33.7 Å². The standard InChI is InChI=1S/C23H25N3O.C21H17N3O.C19H16ClFN2O.C18H13ClF2N2O.C18H15N3O3.C15H14N4O/c1-18(20-8-4-2-5-9-20)25-23(27)21(17-24)16-19-10-12-22(13-11-19)26-14-6-3-7-15-26;1-15(16-7-3-2-4-8-16)24-21(25)18(14-22)13-17-11-12-23-20-10-6-5-9-19(17)20;1-12-8-9-17(20)16(18(12)21)10-15(11-22)19(24)23-13(2)14-6-4-3-5-7-14;1-11(12-5-3-2-4-6-12)23-18(24)13(10-22)9-14-16(20)8-7-15(19)17(14)21;1-13(15-5-3-2-4-6-15)20-18(22)16(12-19)11-14-7-9-17(10-8-14)21(23)24;1-11(12-5-3-2-4-6-12)19-15(20)13(10-16)9-14-17-7-8-18-14/h2,4-5,8-13,16,18H,3,6-7,14-15H2,1H3,(H,25,27);2-13,15H,1H3,(H,24,25);3-10,13H,1-2H3,(H,23,24);2-9,11H,1H3,(H,23,24);2-11,13H,1H3,(H,20,22);2-9,11H,1H3,(H,17,18)(H,19,20)/b21-16+;18-13+;15-10+;13-9+;16-11+;13-9+/t18-;15-;13-;11-;13-;11-/m000000/s1. The average molecular weight is 1960 g/mol. The second-order valence-electron chi connectivity index (χ2n) is 32.4. The number of aryl methyl sites for hydroxylation is 1. The molecule has 6 amide bonds. The van der Waals surface area contributed by atoms with Gasteiger partial charge in [-0.3, -0.25) is 43.9 Å². The fourth-order valence-corrected chi connectivity index (χ4v) is 14.5. The number of aromatic amines is 1. The van der Waals surface area contributed by atoms with Gasteiger partial charge in [-0.25, -0.2) is 18.2 Å². The summed E-state index contributed by atoms with van der Waals surface area (Å²) in [5, 5.41) is 83.5. The van der Waals surface area contributed by atoms with E-state index in [9.17, 15) is 73.1 Å². The van der Waals surface area contributed by atoms with Crippen molar-refractivity contribution in [2.45, 2.75) is 104 Å². The number of hydrogen-bond donors (Lipinski definition) is 7. The molecule has 0 aliphatic carbocycles. The van der Waals surface area contributed by atoms with Crippen molar-refractivity contribution in [1.82, 2.24) is 46.9 Å². The van der Waals surface area contributed by atoms with Gasteiger partial charge in [-0.2, -0.15) is 31.6 Å². The van der Waals surface area contributed by atoms with E-state index in [-0.39, 0.29) is 97.2 Å². The Morgan fingerprint density at radius 2 is 0.715 bits per heavy atom. The van der Waals surface area contributed by atoms with Gasteiger partial charge in [0.2, 0.25) is 0 Å². The number of rotatable bonds is 26. The van der Waals surface area contributed by atoms with Crippen molar-refractivity contribution in [3.8, 4) is 36.4 Å². The first-order valence-corrected chi connectivity index (χ1v) is 46.1. The first kappa shape index (κ1) is 109. The van der Waals surface area contributed by atoms with Gasteiger partial charge in [0, 0.05) is 72.1 Å². The van der Waals surface area contributed by atoms with Crippen LogP contribution >= 0.6 is 23.2 Å². The Kier molecular flexibility index (Phi) is 43.0. The van der Waals surface area contributed by atoms with Crippen LogP contribution in [0, 0.1) is 102 Å². The Morgan fingerprint density at radius 3 is 1.08 bits per heavy atom. The molecule has 0 bridgehead atoms. The molecule has 144 heavy (non-hydrogen) atoms. The lowest BCUT2D eigenvalue weighted by Crippen LogP contribution is -2.29. The number of fused-ring (bicyclic) bond motifs is 1. The van der Waals surface area contributed by atoms with Crippen molar-refractivity contribution in [2.75, 3.05) is 18.0 Å². The maximum Gasteiger partial charge on any atom is 0.269 e. The van der Waals surface area contributed by atoms with E-state index in [2.05, 4.69) is 63.9 Å². The molecule has 14 rings (SSSR count). The van der Waals surface area contributed by atoms with Gasteiger partial charge in [0.15, 0.2) is 5.82 Å². The van der Waals surface area contributed by atoms with E-state index in [1.807, 2.05) is 277 Å². The van der Waals surface area contributed by atoms with Gasteiger partial charge in [0.25, 0.3) is 41.1 Å². The van der Waals surface area contributed by atoms with Crippen molar-refractivity contribution >= 4 is 117 Å². The number of carbonyl (C=O) groups excluding carboxylic acids is 6. The number of H-pyrrole nitrogens is 1. The number of piperidine rings is 1. The van der Waals surface area contributed by atoms with Crippen LogP contribution in [0.5, 0.6) is 0 Å². The molecule has 1 aliphatic heterocycles. The van der Waals surface area contributed by atoms with Crippen LogP contribution in [0.3, 0.4) is 0 Å². The molecule has 30 heteroatoms. The fraction of sp³-hybridized carbons (Fsp3) is 0.158. The number of benzene rings is 11. The van der Waals surface area contributed by atoms with Crippen molar-refractivity contribution in [1.29, 1.82) is 31.6 Å². The Balaban J connectivity index is 0.000000193. The van der Waals surface area contributed by atoms with E-state index in [0.717, 1.165) is 86.7 Å². The van der Waals surface area contributed by atoms with Gasteiger partial charge in [-0.05, 0) is 208 Å². The molecule has 7 N–H and O–H groups in total. The minimum atomic E-state index is -1.02. The van der Waals surface area contributed by atoms with E-state index in [1.165, 1.54) is 73.5 Å². The molecule has 1 aliphatic rings. The number of aromatic nitrogens is 3. The summed E-state index contributed by atoms with van der Waals surface area (Å²) >= 11 is 11.6. The molecule has 0 radical (unpaired) electrons. The first-order chi connectivity index (χ1) is 69.4. The Hall–Kier alpha value is -18.2. The summed E-state index contributed by atoms with van der Waals surface area (Å²) in [5.74, 6) is -4.95. The first-order valence-electron chi connectivity index (χ1n) is 45.3. The van der Waals surface area contributed by atoms with Crippen LogP contribution < -0.4 is 36.8 Å². The maximum absolute atomic E-state index is 14.2. The molecule has 2 aromatic heterocycles. The van der Waals surface area contributed by atoms with Crippen molar-refractivity contribution in [2.24, 2.45) is 0 Å². The molecule has 0 spiro atoms. The lowest BCUT2D eigenvalue weighted by atomic mass is 10.1. The van der Waals surface area contributed by atoms with Crippen LogP contribution in [0.1, 0.15) is 170 Å². The Labute approximate surface area is 843 Å². The second-order valence-corrected chi connectivity index (χ2v) is 33.2. The zero-order chi connectivity index (χ0) is 104. The third-order valence-corrected chi connectivity index (χ3v) is 22.8. The minimum absolute atomic E-state index is 0.0164. The van der Waals surface area contributed by atoms with Crippen molar-refractivity contribution < 1.29 is 46.9 Å². The summed E-state index contributed by atoms with van der Waals surface area (Å²) in [6.07, 6.45) is 16.7. The van der Waals surface area contributed by atoms with Gasteiger partial charge in [0.1, 0.15) is 87.3 Å². The number of hydrogen-bond acceptors (Lipinski definition) is 17. The molecule has 3 heterocycles. The third-order valence-electron chi connectivity index (χ3n) is 22.2. The number of para-hydroxylation sites is 1. The zero-order valence-corrected chi connectivity index (χ0v) is 81.0. The fourth-order valence-electron chi connectivity index (χ4n) is 14.1. The molecule has 0 unspecified atom stereocenters. The number of carbonyl (C=O) groups is 6. The summed E-state index contributed by atoms with van der Waals surface area (Å²) in [7, 11) is 0. The monoisotopic (exact) mass is 1960 g/mol. The van der Waals surface area contributed by atoms with Crippen LogP contribution in [0.2, 0.25) is 10.0 Å². The van der Waals surface area contributed by atoms with Gasteiger partial charge >= 0.3 is 0 Å². The highest BCUT2D eigenvalue weighted by atomic mass is 35.5. The van der Waals surface area contributed by atoms with Gasteiger partial charge in [0.05, 0.1) is 56.7 Å². The quantitative estimate of drug-likeness (QED) is 0.00870. The number of anilines is 1. The Bertz CT molecular complexity index is 6950. The molecular formula is C114H100Cl2F3N17O8. The van der Waals surface area contributed by atoms with Gasteiger partial charge in [-0.1, -0.05) is 242 Å². The summed E-state index contributed by atoms with van der Waals surface area (Å²) in [6.45, 7) is 14.8. The van der Waals surface area contributed by atoms with E-state index in [0.29, 0.717) is 17.0 Å². The lowest BCUT2D eigenvalue weighted by Gasteiger charge is -2.28. The molecule has 13 aromatic rings. The highest BCUT2D eigenvalue weighted by Gasteiger charge is 2.24. The SMILES string of the molecule is C[C@H](NC(=O)/C(C#N)=C/c1c(F)ccc(Cl)c1F)c1ccccc1.C[C@H](NC(=O)/C(C#N)=C/c1ccc(N2CCCCC2)cc1)c1ccccc1.C[C@H](NC(=O)/C(C#N)=C/c1ccc([N+](=O)[O-])cc1)c1ccccc1.C[C@H](NC(=O)/C(C#N)=C/c1ccnc2ccccc12)c1ccccc1.C[C@H](NC(=O)/C(C#N)=C/c1ncc[nH]1)c1ccccc1.Cc1ccc(Cl)c(/C=C(\C#N)C(=O)N[C@@H](C)c2ccccc2)c1F. The van der Waals surface area contributed by atoms with Crippen LogP contribution in [0.4, 0.5) is 24.5 Å². The third kappa shape index (κ3) is 33.6. The lowest BCUT2D eigenvalue weighted by molar-refractivity contribution is -0.384. The zero-order valence-electron chi connectivity index (χ0n) is 79.5. The van der Waals surface area contributed by atoms with Crippen molar-refractivity contribution in [3.63, 3.8) is 0 Å². The molecule has 1 saturated heterocycles. The van der Waals surface area contributed by atoms with E-state index in [1.54, 1.807) is 68.9 Å². The molecule has 0 saturated carbocycles. The number of amides is 6. The van der Waals surface area contributed by atoms with Gasteiger partial charge in [-0.15, -0.1) is 0 Å². The molecule has 25 nitrogen and oxygen atoms in total. The largest absolute Gasteiger partial charge is 0.372 e. The number of nitrogens with zero attached hydrogens (tertiary/aromatic N) is 10. The summed E-state index contributed by atoms with van der Waals surface area (Å²) in [4.78, 5) is 97.3. The number of nitriles is 6. The number of nitro benzene ring substituents is 1. The second kappa shape index (κ2) is 56.6. The van der Waals surface area contributed by atoms with Gasteiger partial charge < -0.3 is 41.8 Å². The predicted octanol–water partition coefficient (Wildman–Crippen LogP) is 23.0. The van der Waals surface area contributed by atoms with Crippen LogP contribution in [-0.2, 0) is 28.8 Å². The van der Waals surface area contributed by atoms with E-state index < -0.39 is 57.1 Å². The smallest absolute Gasteiger partial charge is 0.269 e. The maximum atomic E-state index is 14.2. The number of nitrogens with one attached hydrogen (secondary N) is 7. The topological polar surface area (TPSA) is 405 Å². The van der Waals surface area contributed by atoms with Crippen LogP contribution in [0.15, 0.2) is 337 Å². The van der Waals surface area contributed by atoms with Crippen LogP contribution in [-0.4, -0.2) is 68.4 Å². The number of nitro groups is 1. The molecule has 11 aromatic carbocycles. The van der Waals surface area contributed by atoms with E-state index >= 15 is 0 Å². The molecule has 1 fully saturated rings. The highest BCUT2D eigenvalue weighted by molar-refractivity contribution is 6.32. The average Bonchev–Trinajstić information content (AvgIpc) is 0.862. The molecular weight excluding hydrogens is 1860 g/mol. The summed E-state index contributed by atoms with van der Waals surface area (Å²) in [6, 6.07) is 94.8. The minimum Gasteiger partial charge on any atom is -0.372 e. The van der Waals surface area contributed by atoms with Crippen LogP contribution in [0.25, 0.3) is 47.4 Å². The van der Waals surface area contributed by atoms with Crippen molar-refractivity contribution in [3.05, 3.63) is 447 Å².